The SMILES string of the molecule is COC(=O)c1ccccc1-n1c(C)cc([C@@H]2[C@@H](c3ccccn3)NC(=S)N2c2ccc(NC(=O)COc3ccccc3)cc2)c1C. The first kappa shape index (κ1) is 30.5. The van der Waals surface area contributed by atoms with Gasteiger partial charge in [0.25, 0.3) is 5.91 Å². The van der Waals surface area contributed by atoms with Gasteiger partial charge in [-0.2, -0.15) is 0 Å². The van der Waals surface area contributed by atoms with E-state index in [-0.39, 0.29) is 24.6 Å². The van der Waals surface area contributed by atoms with Gasteiger partial charge in [0.2, 0.25) is 0 Å². The molecule has 0 radical (unpaired) electrons. The molecule has 1 fully saturated rings. The summed E-state index contributed by atoms with van der Waals surface area (Å²) in [6.45, 7) is 3.96. The smallest absolute Gasteiger partial charge is 0.339 e. The highest BCUT2D eigenvalue weighted by Crippen LogP contribution is 2.44. The number of thiocarbonyl (C=S) groups is 1. The van der Waals surface area contributed by atoms with E-state index in [2.05, 4.69) is 31.2 Å². The molecule has 232 valence electrons. The quantitative estimate of drug-likeness (QED) is 0.141. The number of para-hydroxylation sites is 2. The standard InChI is InChI=1S/C36H33N5O4S/c1-23-21-29(24(2)40(23)31-15-8-7-13-28(31)35(43)44-3)34-33(30-14-9-10-20-37-30)39-36(46)41(34)26-18-16-25(17-19-26)38-32(42)22-45-27-11-5-4-6-12-27/h4-21,33-34H,22H2,1-3H3,(H,38,42)(H,39,46)/t33-,34-/m1/s1. The summed E-state index contributed by atoms with van der Waals surface area (Å²) in [6, 6.07) is 31.6. The number of anilines is 2. The maximum Gasteiger partial charge on any atom is 0.339 e. The molecule has 3 heterocycles. The molecule has 0 unspecified atom stereocenters. The Morgan fingerprint density at radius 3 is 2.37 bits per heavy atom. The maximum absolute atomic E-state index is 12.7. The number of amides is 1. The van der Waals surface area contributed by atoms with Crippen molar-refractivity contribution in [2.75, 3.05) is 23.9 Å². The summed E-state index contributed by atoms with van der Waals surface area (Å²) in [7, 11) is 1.38. The molecule has 0 spiro atoms. The third-order valence-corrected chi connectivity index (χ3v) is 8.29. The van der Waals surface area contributed by atoms with Crippen LogP contribution in [0.2, 0.25) is 0 Å². The van der Waals surface area contributed by atoms with Crippen molar-refractivity contribution in [1.29, 1.82) is 0 Å². The van der Waals surface area contributed by atoms with E-state index in [1.165, 1.54) is 7.11 Å². The third-order valence-electron chi connectivity index (χ3n) is 7.98. The van der Waals surface area contributed by atoms with Gasteiger partial charge in [0.15, 0.2) is 11.7 Å². The Kier molecular flexibility index (Phi) is 8.80. The van der Waals surface area contributed by atoms with E-state index in [9.17, 15) is 9.59 Å². The molecule has 6 rings (SSSR count). The zero-order valence-corrected chi connectivity index (χ0v) is 26.5. The molecule has 2 N–H and O–H groups in total. The lowest BCUT2D eigenvalue weighted by atomic mass is 9.96. The molecule has 9 nitrogen and oxygen atoms in total. The van der Waals surface area contributed by atoms with Crippen molar-refractivity contribution in [2.45, 2.75) is 25.9 Å². The number of benzene rings is 3. The second-order valence-electron chi connectivity index (χ2n) is 10.9. The van der Waals surface area contributed by atoms with E-state index in [0.29, 0.717) is 22.1 Å². The zero-order chi connectivity index (χ0) is 32.2. The van der Waals surface area contributed by atoms with Crippen molar-refractivity contribution in [1.82, 2.24) is 14.9 Å². The first-order valence-corrected chi connectivity index (χ1v) is 15.2. The number of carbonyl (C=O) groups excluding carboxylic acids is 2. The largest absolute Gasteiger partial charge is 0.484 e. The minimum atomic E-state index is -0.403. The van der Waals surface area contributed by atoms with Crippen molar-refractivity contribution in [3.8, 4) is 11.4 Å². The highest BCUT2D eigenvalue weighted by atomic mass is 32.1. The molecular formula is C36H33N5O4S. The molecule has 0 bridgehead atoms. The van der Waals surface area contributed by atoms with Gasteiger partial charge in [-0.05, 0) is 98.4 Å². The molecule has 10 heteroatoms. The van der Waals surface area contributed by atoms with Crippen LogP contribution < -0.4 is 20.3 Å². The molecule has 2 aromatic heterocycles. The van der Waals surface area contributed by atoms with Crippen molar-refractivity contribution in [3.63, 3.8) is 0 Å². The lowest BCUT2D eigenvalue weighted by Gasteiger charge is -2.28. The molecule has 1 aliphatic heterocycles. The lowest BCUT2D eigenvalue weighted by Crippen LogP contribution is -2.29. The Bertz CT molecular complexity index is 1880. The Balaban J connectivity index is 1.33. The van der Waals surface area contributed by atoms with E-state index >= 15 is 0 Å². The zero-order valence-electron chi connectivity index (χ0n) is 25.6. The molecule has 3 aromatic carbocycles. The van der Waals surface area contributed by atoms with E-state index in [0.717, 1.165) is 34.0 Å². The number of ether oxygens (including phenoxy) is 2. The first-order chi connectivity index (χ1) is 22.4. The van der Waals surface area contributed by atoms with Gasteiger partial charge in [-0.1, -0.05) is 36.4 Å². The van der Waals surface area contributed by atoms with Crippen molar-refractivity contribution >= 4 is 40.6 Å². The van der Waals surface area contributed by atoms with Crippen molar-refractivity contribution in [2.24, 2.45) is 0 Å². The van der Waals surface area contributed by atoms with Gasteiger partial charge in [-0.25, -0.2) is 4.79 Å². The number of hydrogen-bond donors (Lipinski definition) is 2. The number of aryl methyl sites for hydroxylation is 1. The summed E-state index contributed by atoms with van der Waals surface area (Å²) in [4.78, 5) is 32.0. The fourth-order valence-corrected chi connectivity index (χ4v) is 6.27. The summed E-state index contributed by atoms with van der Waals surface area (Å²) >= 11 is 5.94. The molecule has 0 saturated carbocycles. The highest BCUT2D eigenvalue weighted by Gasteiger charge is 2.42. The predicted octanol–water partition coefficient (Wildman–Crippen LogP) is 6.47. The highest BCUT2D eigenvalue weighted by molar-refractivity contribution is 7.80. The number of carbonyl (C=O) groups is 2. The van der Waals surface area contributed by atoms with Crippen LogP contribution in [0.15, 0.2) is 109 Å². The monoisotopic (exact) mass is 631 g/mol. The number of aromatic nitrogens is 2. The van der Waals surface area contributed by atoms with Gasteiger partial charge >= 0.3 is 5.97 Å². The van der Waals surface area contributed by atoms with Crippen LogP contribution in [0.25, 0.3) is 5.69 Å². The minimum absolute atomic E-state index is 0.103. The number of hydrogen-bond acceptors (Lipinski definition) is 6. The number of nitrogens with one attached hydrogen (secondary N) is 2. The van der Waals surface area contributed by atoms with Gasteiger partial charge in [-0.15, -0.1) is 0 Å². The Labute approximate surface area is 272 Å². The third kappa shape index (κ3) is 6.07. The molecule has 1 aliphatic rings. The van der Waals surface area contributed by atoms with Gasteiger partial charge in [0.1, 0.15) is 5.75 Å². The number of methoxy groups -OCH3 is 1. The summed E-state index contributed by atoms with van der Waals surface area (Å²) in [5.41, 5.74) is 6.48. The van der Waals surface area contributed by atoms with Gasteiger partial charge in [-0.3, -0.25) is 9.78 Å². The van der Waals surface area contributed by atoms with E-state index in [1.54, 1.807) is 24.4 Å². The van der Waals surface area contributed by atoms with E-state index in [1.807, 2.05) is 92.7 Å². The van der Waals surface area contributed by atoms with Crippen LogP contribution in [0, 0.1) is 13.8 Å². The van der Waals surface area contributed by atoms with Gasteiger partial charge < -0.3 is 29.6 Å². The fourth-order valence-electron chi connectivity index (χ4n) is 5.93. The molecule has 46 heavy (non-hydrogen) atoms. The molecule has 1 saturated heterocycles. The molecular weight excluding hydrogens is 598 g/mol. The normalized spacial score (nSPS) is 15.7. The Hall–Kier alpha value is -5.48. The summed E-state index contributed by atoms with van der Waals surface area (Å²) in [5, 5.41) is 6.95. The van der Waals surface area contributed by atoms with Crippen LogP contribution in [0.5, 0.6) is 5.75 Å². The number of nitrogens with zero attached hydrogens (tertiary/aromatic N) is 3. The average Bonchev–Trinajstić information content (AvgIpc) is 3.58. The summed E-state index contributed by atoms with van der Waals surface area (Å²) < 4.78 is 12.7. The van der Waals surface area contributed by atoms with Crippen LogP contribution in [0.3, 0.4) is 0 Å². The number of rotatable bonds is 9. The van der Waals surface area contributed by atoms with Crippen LogP contribution in [0.4, 0.5) is 11.4 Å². The van der Waals surface area contributed by atoms with Crippen molar-refractivity contribution in [3.05, 3.63) is 138 Å². The van der Waals surface area contributed by atoms with Crippen LogP contribution >= 0.6 is 12.2 Å². The number of pyridine rings is 1. The van der Waals surface area contributed by atoms with Crippen LogP contribution in [0.1, 0.15) is 45.1 Å². The second-order valence-corrected chi connectivity index (χ2v) is 11.3. The van der Waals surface area contributed by atoms with Crippen LogP contribution in [-0.4, -0.2) is 40.3 Å². The topological polar surface area (TPSA) is 97.7 Å². The molecule has 5 aromatic rings. The van der Waals surface area contributed by atoms with Crippen molar-refractivity contribution < 1.29 is 19.1 Å². The maximum atomic E-state index is 12.7. The minimum Gasteiger partial charge on any atom is -0.484 e. The fraction of sp³-hybridized carbons (Fsp3) is 0.167. The van der Waals surface area contributed by atoms with Crippen LogP contribution in [-0.2, 0) is 9.53 Å². The van der Waals surface area contributed by atoms with Gasteiger partial charge in [0.05, 0.1) is 36.1 Å². The molecule has 1 amide bonds. The lowest BCUT2D eigenvalue weighted by molar-refractivity contribution is -0.118. The van der Waals surface area contributed by atoms with E-state index in [4.69, 9.17) is 21.7 Å². The second kappa shape index (κ2) is 13.3. The van der Waals surface area contributed by atoms with E-state index < -0.39 is 5.97 Å². The Morgan fingerprint density at radius 1 is 0.935 bits per heavy atom. The average molecular weight is 632 g/mol. The Morgan fingerprint density at radius 2 is 1.65 bits per heavy atom. The summed E-state index contributed by atoms with van der Waals surface area (Å²) in [5.74, 6) is -0.0346. The molecule has 0 aliphatic carbocycles. The molecule has 2 atom stereocenters. The predicted molar refractivity (Wildman–Crippen MR) is 182 cm³/mol. The first-order valence-electron chi connectivity index (χ1n) is 14.8. The number of esters is 1. The summed E-state index contributed by atoms with van der Waals surface area (Å²) in [6.07, 6.45) is 1.77. The van der Waals surface area contributed by atoms with Gasteiger partial charge in [0, 0.05) is 29.0 Å².